The minimum Gasteiger partial charge on any atom is -0.469 e. The molecule has 1 aliphatic heterocycles. The number of carbonyl (C=O) groups excluding carboxylic acids is 1. The number of rotatable bonds is 2. The number of hydrogen-bond acceptors (Lipinski definition) is 4. The second-order valence-corrected chi connectivity index (χ2v) is 4.78. The van der Waals surface area contributed by atoms with Crippen molar-refractivity contribution in [1.29, 1.82) is 0 Å². The van der Waals surface area contributed by atoms with Gasteiger partial charge >= 0.3 is 5.97 Å². The van der Waals surface area contributed by atoms with Gasteiger partial charge in [-0.25, -0.2) is 0 Å². The summed E-state index contributed by atoms with van der Waals surface area (Å²) >= 11 is 4.51. The molecule has 1 aromatic rings. The molecule has 2 rings (SSSR count). The number of nitrogens with one attached hydrogen (secondary N) is 1. The van der Waals surface area contributed by atoms with Crippen LogP contribution in [0.15, 0.2) is 24.3 Å². The number of anilines is 1. The topological polar surface area (TPSA) is 38.3 Å². The number of ether oxygens (including phenoxy) is 1. The van der Waals surface area contributed by atoms with Gasteiger partial charge in [0.15, 0.2) is 0 Å². The van der Waals surface area contributed by atoms with Crippen LogP contribution in [0.2, 0.25) is 0 Å². The van der Waals surface area contributed by atoms with E-state index in [1.165, 1.54) is 7.11 Å². The predicted molar refractivity (Wildman–Crippen MR) is 66.8 cm³/mol. The SMILES string of the molecule is COC(=O)CC1(C)c2ccccc2NC1S. The van der Waals surface area contributed by atoms with Crippen LogP contribution in [0.25, 0.3) is 0 Å². The fraction of sp³-hybridized carbons (Fsp3) is 0.417. The average Bonchev–Trinajstić information content (AvgIpc) is 2.52. The van der Waals surface area contributed by atoms with Crippen molar-refractivity contribution in [2.24, 2.45) is 0 Å². The molecule has 0 saturated carbocycles. The largest absolute Gasteiger partial charge is 0.469 e. The van der Waals surface area contributed by atoms with Crippen molar-refractivity contribution in [3.05, 3.63) is 29.8 Å². The lowest BCUT2D eigenvalue weighted by Crippen LogP contribution is -2.34. The fourth-order valence-electron chi connectivity index (χ4n) is 2.12. The Bertz CT molecular complexity index is 421. The van der Waals surface area contributed by atoms with E-state index < -0.39 is 0 Å². The summed E-state index contributed by atoms with van der Waals surface area (Å²) in [5.41, 5.74) is 1.86. The van der Waals surface area contributed by atoms with Crippen LogP contribution in [-0.2, 0) is 14.9 Å². The lowest BCUT2D eigenvalue weighted by Gasteiger charge is -2.27. The predicted octanol–water partition coefficient (Wildman–Crippen LogP) is 2.19. The molecule has 0 aromatic heterocycles. The summed E-state index contributed by atoms with van der Waals surface area (Å²) in [5, 5.41) is 3.21. The fourth-order valence-corrected chi connectivity index (χ4v) is 2.49. The maximum absolute atomic E-state index is 11.4. The van der Waals surface area contributed by atoms with Gasteiger partial charge in [-0.15, -0.1) is 0 Å². The number of benzene rings is 1. The van der Waals surface area contributed by atoms with Crippen molar-refractivity contribution in [3.8, 4) is 0 Å². The van der Waals surface area contributed by atoms with Gasteiger partial charge in [-0.1, -0.05) is 25.1 Å². The highest BCUT2D eigenvalue weighted by Gasteiger charge is 2.42. The highest BCUT2D eigenvalue weighted by atomic mass is 32.1. The molecule has 1 aromatic carbocycles. The number of carbonyl (C=O) groups is 1. The molecule has 4 heteroatoms. The van der Waals surface area contributed by atoms with Crippen LogP contribution in [-0.4, -0.2) is 18.5 Å². The van der Waals surface area contributed by atoms with Crippen LogP contribution in [0.5, 0.6) is 0 Å². The summed E-state index contributed by atoms with van der Waals surface area (Å²) in [4.78, 5) is 11.4. The summed E-state index contributed by atoms with van der Waals surface area (Å²) in [6, 6.07) is 7.97. The second kappa shape index (κ2) is 4.01. The van der Waals surface area contributed by atoms with Gasteiger partial charge in [0.1, 0.15) is 0 Å². The molecule has 0 saturated heterocycles. The molecule has 0 aliphatic carbocycles. The quantitative estimate of drug-likeness (QED) is 0.611. The van der Waals surface area contributed by atoms with E-state index in [4.69, 9.17) is 4.74 Å². The number of thiol groups is 1. The monoisotopic (exact) mass is 237 g/mol. The van der Waals surface area contributed by atoms with Gasteiger partial charge in [0, 0.05) is 11.1 Å². The first-order valence-electron chi connectivity index (χ1n) is 5.19. The van der Waals surface area contributed by atoms with Crippen LogP contribution in [0.1, 0.15) is 18.9 Å². The Morgan fingerprint density at radius 3 is 2.94 bits per heavy atom. The minimum absolute atomic E-state index is 0.0657. The molecular formula is C12H15NO2S. The molecule has 2 atom stereocenters. The van der Waals surface area contributed by atoms with E-state index >= 15 is 0 Å². The van der Waals surface area contributed by atoms with Crippen LogP contribution >= 0.6 is 12.6 Å². The van der Waals surface area contributed by atoms with E-state index in [0.29, 0.717) is 6.42 Å². The van der Waals surface area contributed by atoms with Crippen molar-refractivity contribution in [2.75, 3.05) is 12.4 Å². The maximum Gasteiger partial charge on any atom is 0.306 e. The Morgan fingerprint density at radius 2 is 2.25 bits per heavy atom. The number of fused-ring (bicyclic) bond motifs is 1. The van der Waals surface area contributed by atoms with Crippen LogP contribution in [0, 0.1) is 0 Å². The van der Waals surface area contributed by atoms with Crippen molar-refractivity contribution in [2.45, 2.75) is 24.1 Å². The zero-order valence-electron chi connectivity index (χ0n) is 9.36. The molecule has 1 heterocycles. The number of esters is 1. The van der Waals surface area contributed by atoms with Gasteiger partial charge in [0.05, 0.1) is 18.9 Å². The van der Waals surface area contributed by atoms with Gasteiger partial charge in [-0.05, 0) is 11.6 Å². The zero-order valence-corrected chi connectivity index (χ0v) is 10.3. The molecular weight excluding hydrogens is 222 g/mol. The second-order valence-electron chi connectivity index (χ2n) is 4.26. The number of para-hydroxylation sites is 1. The Morgan fingerprint density at radius 1 is 1.56 bits per heavy atom. The highest BCUT2D eigenvalue weighted by Crippen LogP contribution is 2.44. The van der Waals surface area contributed by atoms with Gasteiger partial charge in [-0.2, -0.15) is 12.6 Å². The summed E-state index contributed by atoms with van der Waals surface area (Å²) in [6.45, 7) is 2.03. The third-order valence-electron chi connectivity index (χ3n) is 3.18. The van der Waals surface area contributed by atoms with Crippen LogP contribution < -0.4 is 5.32 Å². The van der Waals surface area contributed by atoms with Crippen molar-refractivity contribution >= 4 is 24.3 Å². The lowest BCUT2D eigenvalue weighted by atomic mass is 9.81. The minimum atomic E-state index is -0.313. The van der Waals surface area contributed by atoms with Gasteiger partial charge in [-0.3, -0.25) is 4.79 Å². The Kier molecular flexibility index (Phi) is 2.84. The average molecular weight is 237 g/mol. The summed E-state index contributed by atoms with van der Waals surface area (Å²) in [7, 11) is 1.41. The summed E-state index contributed by atoms with van der Waals surface area (Å²) in [5.74, 6) is -0.208. The molecule has 86 valence electrons. The zero-order chi connectivity index (χ0) is 11.8. The molecule has 1 aliphatic rings. The Balaban J connectivity index is 2.36. The molecule has 16 heavy (non-hydrogen) atoms. The van der Waals surface area contributed by atoms with Gasteiger partial charge in [0.25, 0.3) is 0 Å². The maximum atomic E-state index is 11.4. The van der Waals surface area contributed by atoms with E-state index in [-0.39, 0.29) is 16.8 Å². The highest BCUT2D eigenvalue weighted by molar-refractivity contribution is 7.81. The first-order valence-corrected chi connectivity index (χ1v) is 5.70. The van der Waals surface area contributed by atoms with Gasteiger partial charge < -0.3 is 10.1 Å². The van der Waals surface area contributed by atoms with Crippen molar-refractivity contribution in [3.63, 3.8) is 0 Å². The molecule has 0 amide bonds. The molecule has 0 radical (unpaired) electrons. The molecule has 0 bridgehead atoms. The number of methoxy groups -OCH3 is 1. The number of hydrogen-bond donors (Lipinski definition) is 2. The smallest absolute Gasteiger partial charge is 0.306 e. The first kappa shape index (κ1) is 11.3. The lowest BCUT2D eigenvalue weighted by molar-refractivity contribution is -0.141. The third kappa shape index (κ3) is 1.67. The van der Waals surface area contributed by atoms with Gasteiger partial charge in [0.2, 0.25) is 0 Å². The summed E-state index contributed by atoms with van der Waals surface area (Å²) in [6.07, 6.45) is 0.335. The first-order chi connectivity index (χ1) is 7.58. The molecule has 1 N–H and O–H groups in total. The molecule has 0 fully saturated rings. The van der Waals surface area contributed by atoms with Crippen LogP contribution in [0.4, 0.5) is 5.69 Å². The van der Waals surface area contributed by atoms with E-state index in [1.807, 2.05) is 31.2 Å². The van der Waals surface area contributed by atoms with Crippen LogP contribution in [0.3, 0.4) is 0 Å². The Labute approximate surface area is 101 Å². The molecule has 0 spiro atoms. The van der Waals surface area contributed by atoms with E-state index in [2.05, 4.69) is 17.9 Å². The normalized spacial score (nSPS) is 27.1. The van der Waals surface area contributed by atoms with E-state index in [1.54, 1.807) is 0 Å². The molecule has 2 unspecified atom stereocenters. The third-order valence-corrected chi connectivity index (χ3v) is 3.88. The van der Waals surface area contributed by atoms with Crippen molar-refractivity contribution in [1.82, 2.24) is 0 Å². The Hall–Kier alpha value is -1.16. The van der Waals surface area contributed by atoms with E-state index in [9.17, 15) is 4.79 Å². The molecule has 3 nitrogen and oxygen atoms in total. The summed E-state index contributed by atoms with van der Waals surface area (Å²) < 4.78 is 4.74. The van der Waals surface area contributed by atoms with Crippen molar-refractivity contribution < 1.29 is 9.53 Å². The van der Waals surface area contributed by atoms with E-state index in [0.717, 1.165) is 11.3 Å². The standard InChI is InChI=1S/C12H15NO2S/c1-12(7-10(14)15-2)8-5-3-4-6-9(8)13-11(12)16/h3-6,11,13,16H,7H2,1-2H3.